The van der Waals surface area contributed by atoms with Crippen molar-refractivity contribution < 1.29 is 0 Å². The number of nitriles is 1. The number of aromatic nitrogens is 2. The predicted molar refractivity (Wildman–Crippen MR) is 74.5 cm³/mol. The first-order chi connectivity index (χ1) is 8.91. The van der Waals surface area contributed by atoms with Crippen LogP contribution in [0.25, 0.3) is 0 Å². The Balaban J connectivity index is 2.02. The molecule has 1 atom stereocenters. The van der Waals surface area contributed by atoms with Crippen LogP contribution < -0.4 is 0 Å². The number of piperazine rings is 1. The minimum absolute atomic E-state index is 0.208. The van der Waals surface area contributed by atoms with Crippen LogP contribution >= 0.6 is 0 Å². The number of hydrogen-bond acceptors (Lipinski definition) is 4. The molecule has 0 saturated carbocycles. The molecule has 1 unspecified atom stereocenters. The first-order valence-corrected chi connectivity index (χ1v) is 6.78. The zero-order valence-electron chi connectivity index (χ0n) is 12.3. The molecule has 0 spiro atoms. The van der Waals surface area contributed by atoms with Crippen molar-refractivity contribution in [1.29, 1.82) is 5.26 Å². The fourth-order valence-corrected chi connectivity index (χ4v) is 2.56. The highest BCUT2D eigenvalue weighted by atomic mass is 15.3. The second kappa shape index (κ2) is 5.32. The molecule has 1 aliphatic rings. The fourth-order valence-electron chi connectivity index (χ4n) is 2.56. The Morgan fingerprint density at radius 1 is 1.26 bits per heavy atom. The van der Waals surface area contributed by atoms with Gasteiger partial charge < -0.3 is 4.57 Å². The second-order valence-corrected chi connectivity index (χ2v) is 6.19. The Morgan fingerprint density at radius 3 is 2.32 bits per heavy atom. The summed E-state index contributed by atoms with van der Waals surface area (Å²) in [5.41, 5.74) is 1.06. The van der Waals surface area contributed by atoms with Crippen molar-refractivity contribution in [2.24, 2.45) is 7.05 Å². The summed E-state index contributed by atoms with van der Waals surface area (Å²) in [5, 5.41) is 9.41. The molecule has 1 aromatic rings. The average molecular weight is 261 g/mol. The van der Waals surface area contributed by atoms with Gasteiger partial charge in [-0.15, -0.1) is 0 Å². The molecule has 19 heavy (non-hydrogen) atoms. The first kappa shape index (κ1) is 14.0. The average Bonchev–Trinajstić information content (AvgIpc) is 2.76. The molecule has 0 amide bonds. The van der Waals surface area contributed by atoms with Gasteiger partial charge in [0.25, 0.3) is 0 Å². The molecule has 1 fully saturated rings. The highest BCUT2D eigenvalue weighted by Gasteiger charge is 2.30. The van der Waals surface area contributed by atoms with Gasteiger partial charge in [-0.25, -0.2) is 4.98 Å². The number of nitrogens with zero attached hydrogens (tertiary/aromatic N) is 5. The van der Waals surface area contributed by atoms with Crippen LogP contribution in [0.3, 0.4) is 0 Å². The molecule has 1 aromatic heterocycles. The van der Waals surface area contributed by atoms with E-state index in [9.17, 15) is 5.26 Å². The molecule has 2 rings (SSSR count). The van der Waals surface area contributed by atoms with E-state index in [4.69, 9.17) is 0 Å². The molecule has 0 N–H and O–H groups in total. The Kier molecular flexibility index (Phi) is 3.93. The van der Waals surface area contributed by atoms with E-state index in [0.29, 0.717) is 0 Å². The van der Waals surface area contributed by atoms with Gasteiger partial charge in [0.15, 0.2) is 0 Å². The van der Waals surface area contributed by atoms with Gasteiger partial charge in [0.05, 0.1) is 18.1 Å². The predicted octanol–water partition coefficient (Wildman–Crippen LogP) is 1.40. The van der Waals surface area contributed by atoms with Crippen LogP contribution in [0.2, 0.25) is 0 Å². The van der Waals surface area contributed by atoms with Gasteiger partial charge in [-0.05, 0) is 20.8 Å². The van der Waals surface area contributed by atoms with E-state index in [2.05, 4.69) is 41.6 Å². The summed E-state index contributed by atoms with van der Waals surface area (Å²) in [7, 11) is 1.93. The van der Waals surface area contributed by atoms with E-state index in [1.165, 1.54) is 0 Å². The SMILES string of the molecule is Cn1cnc(C(C#N)N2CCN(C(C)(C)C)CC2)c1. The second-order valence-electron chi connectivity index (χ2n) is 6.19. The van der Waals surface area contributed by atoms with Gasteiger partial charge in [-0.2, -0.15) is 5.26 Å². The highest BCUT2D eigenvalue weighted by Crippen LogP contribution is 2.22. The summed E-state index contributed by atoms with van der Waals surface area (Å²) in [5.74, 6) is 0. The number of aryl methyl sites for hydroxylation is 1. The molecule has 0 aliphatic carbocycles. The van der Waals surface area contributed by atoms with Crippen molar-refractivity contribution in [2.45, 2.75) is 32.4 Å². The summed E-state index contributed by atoms with van der Waals surface area (Å²) in [6.07, 6.45) is 3.69. The van der Waals surface area contributed by atoms with Crippen LogP contribution in [0.4, 0.5) is 0 Å². The third kappa shape index (κ3) is 3.14. The van der Waals surface area contributed by atoms with Crippen molar-refractivity contribution in [2.75, 3.05) is 26.2 Å². The third-order valence-corrected chi connectivity index (χ3v) is 3.76. The largest absolute Gasteiger partial charge is 0.340 e. The maximum atomic E-state index is 9.41. The lowest BCUT2D eigenvalue weighted by Gasteiger charge is -2.43. The van der Waals surface area contributed by atoms with Crippen molar-refractivity contribution in [3.63, 3.8) is 0 Å². The molecular weight excluding hydrogens is 238 g/mol. The molecule has 0 radical (unpaired) electrons. The van der Waals surface area contributed by atoms with Gasteiger partial charge >= 0.3 is 0 Å². The maximum Gasteiger partial charge on any atom is 0.142 e. The fraction of sp³-hybridized carbons (Fsp3) is 0.714. The van der Waals surface area contributed by atoms with Crippen LogP contribution in [0.15, 0.2) is 12.5 Å². The van der Waals surface area contributed by atoms with Gasteiger partial charge in [0.2, 0.25) is 0 Å². The molecule has 0 aromatic carbocycles. The van der Waals surface area contributed by atoms with Crippen molar-refractivity contribution in [3.8, 4) is 6.07 Å². The Hall–Kier alpha value is -1.38. The van der Waals surface area contributed by atoms with E-state index >= 15 is 0 Å². The lowest BCUT2D eigenvalue weighted by molar-refractivity contribution is 0.0513. The maximum absolute atomic E-state index is 9.41. The summed E-state index contributed by atoms with van der Waals surface area (Å²) in [4.78, 5) is 9.01. The molecule has 104 valence electrons. The van der Waals surface area contributed by atoms with Crippen molar-refractivity contribution in [1.82, 2.24) is 19.4 Å². The van der Waals surface area contributed by atoms with Crippen molar-refractivity contribution >= 4 is 0 Å². The summed E-state index contributed by atoms with van der Waals surface area (Å²) >= 11 is 0. The molecule has 1 aliphatic heterocycles. The Labute approximate surface area is 115 Å². The quantitative estimate of drug-likeness (QED) is 0.807. The minimum atomic E-state index is -0.219. The molecule has 5 heteroatoms. The van der Waals surface area contributed by atoms with Crippen LogP contribution in [0.1, 0.15) is 32.5 Å². The van der Waals surface area contributed by atoms with E-state index < -0.39 is 0 Å². The van der Waals surface area contributed by atoms with Gasteiger partial charge in [0, 0.05) is 45.0 Å². The summed E-state index contributed by atoms with van der Waals surface area (Å²) < 4.78 is 1.89. The van der Waals surface area contributed by atoms with Crippen molar-refractivity contribution in [3.05, 3.63) is 18.2 Å². The standard InChI is InChI=1S/C14H23N5/c1-14(2,3)19-7-5-18(6-8-19)13(9-15)12-10-17(4)11-16-12/h10-11,13H,5-8H2,1-4H3. The smallest absolute Gasteiger partial charge is 0.142 e. The van der Waals surface area contributed by atoms with E-state index in [1.807, 2.05) is 17.8 Å². The first-order valence-electron chi connectivity index (χ1n) is 6.78. The molecule has 1 saturated heterocycles. The van der Waals surface area contributed by atoms with E-state index in [1.54, 1.807) is 6.33 Å². The Bertz CT molecular complexity index is 457. The van der Waals surface area contributed by atoms with Gasteiger partial charge in [0.1, 0.15) is 6.04 Å². The summed E-state index contributed by atoms with van der Waals surface area (Å²) in [6.45, 7) is 10.6. The highest BCUT2D eigenvalue weighted by molar-refractivity contribution is 5.13. The molecule has 5 nitrogen and oxygen atoms in total. The molecule has 2 heterocycles. The minimum Gasteiger partial charge on any atom is -0.340 e. The van der Waals surface area contributed by atoms with E-state index in [-0.39, 0.29) is 11.6 Å². The molecule has 0 bridgehead atoms. The van der Waals surface area contributed by atoms with Crippen LogP contribution in [-0.2, 0) is 7.05 Å². The number of rotatable bonds is 2. The zero-order valence-corrected chi connectivity index (χ0v) is 12.3. The van der Waals surface area contributed by atoms with Crippen LogP contribution in [-0.4, -0.2) is 51.1 Å². The van der Waals surface area contributed by atoms with Crippen LogP contribution in [0.5, 0.6) is 0 Å². The normalized spacial score (nSPS) is 20.2. The lowest BCUT2D eigenvalue weighted by atomic mass is 10.0. The Morgan fingerprint density at radius 2 is 1.89 bits per heavy atom. The monoisotopic (exact) mass is 261 g/mol. The number of hydrogen-bond donors (Lipinski definition) is 0. The van der Waals surface area contributed by atoms with E-state index in [0.717, 1.165) is 31.9 Å². The molecular formula is C14H23N5. The number of imidazole rings is 1. The topological polar surface area (TPSA) is 48.1 Å². The van der Waals surface area contributed by atoms with Gasteiger partial charge in [-0.3, -0.25) is 9.80 Å². The third-order valence-electron chi connectivity index (χ3n) is 3.76. The van der Waals surface area contributed by atoms with Crippen LogP contribution in [0, 0.1) is 11.3 Å². The summed E-state index contributed by atoms with van der Waals surface area (Å²) in [6, 6.07) is 2.17. The lowest BCUT2D eigenvalue weighted by Crippen LogP contribution is -2.53. The van der Waals surface area contributed by atoms with Gasteiger partial charge in [-0.1, -0.05) is 0 Å². The zero-order chi connectivity index (χ0) is 14.0.